The van der Waals surface area contributed by atoms with Gasteiger partial charge in [-0.05, 0) is 0 Å². The fourth-order valence-corrected chi connectivity index (χ4v) is 0.903. The van der Waals surface area contributed by atoms with E-state index in [9.17, 15) is 0 Å². The first-order valence-electron chi connectivity index (χ1n) is 3.59. The van der Waals surface area contributed by atoms with E-state index in [0.29, 0.717) is 0 Å². The number of hydrogen-bond donors (Lipinski definition) is 2. The molecular weight excluding hydrogens is 179 g/mol. The monoisotopic (exact) mass is 190 g/mol. The molecule has 0 saturated heterocycles. The zero-order valence-corrected chi connectivity index (χ0v) is 10.5. The molecule has 0 aromatic heterocycles. The predicted molar refractivity (Wildman–Crippen MR) is 43.5 cm³/mol. The minimum atomic E-state index is -0.0711. The minimum Gasteiger partial charge on any atom is -0.517 e. The third kappa shape index (κ3) is 3.37. The molecule has 0 fully saturated rings. The van der Waals surface area contributed by atoms with Crippen LogP contribution in [0, 0.1) is 6.42 Å². The van der Waals surface area contributed by atoms with Crippen LogP contribution in [-0.4, -0.2) is 10.2 Å². The number of aromatic hydroxyl groups is 2. The molecule has 60 valence electrons. The topological polar surface area (TPSA) is 40.5 Å². The Morgan fingerprint density at radius 2 is 1.92 bits per heavy atom. The summed E-state index contributed by atoms with van der Waals surface area (Å²) >= 11 is 0. The van der Waals surface area contributed by atoms with E-state index in [2.05, 4.69) is 0 Å². The van der Waals surface area contributed by atoms with Gasteiger partial charge in [-0.2, -0.15) is 18.1 Å². The van der Waals surface area contributed by atoms with E-state index in [1.165, 1.54) is 6.07 Å². The maximum atomic E-state index is 9.06. The van der Waals surface area contributed by atoms with Crippen molar-refractivity contribution in [3.05, 3.63) is 30.2 Å². The van der Waals surface area contributed by atoms with Crippen LogP contribution in [0.25, 0.3) is 0 Å². The second-order valence-corrected chi connectivity index (χ2v) is 2.36. The van der Waals surface area contributed by atoms with Crippen molar-refractivity contribution in [1.29, 1.82) is 0 Å². The Morgan fingerprint density at radius 1 is 1.25 bits per heavy atom. The molecule has 0 unspecified atom stereocenters. The quantitative estimate of drug-likeness (QED) is 0.359. The van der Waals surface area contributed by atoms with Crippen molar-refractivity contribution in [3.63, 3.8) is 0 Å². The van der Waals surface area contributed by atoms with Crippen molar-refractivity contribution >= 4 is 0 Å². The molecule has 0 aliphatic carbocycles. The second kappa shape index (κ2) is 5.88. The number of benzene rings is 1. The Hall–Kier alpha value is 0.326. The molecule has 0 bridgehead atoms. The van der Waals surface area contributed by atoms with Crippen LogP contribution in [0.1, 0.15) is 18.9 Å². The van der Waals surface area contributed by atoms with Crippen LogP contribution in [0.5, 0.6) is 11.5 Å². The van der Waals surface area contributed by atoms with Gasteiger partial charge in [0.05, 0.1) is 0 Å². The summed E-state index contributed by atoms with van der Waals surface area (Å²) in [4.78, 5) is 0. The average molecular weight is 190 g/mol. The summed E-state index contributed by atoms with van der Waals surface area (Å²) in [5, 5.41) is 18.0. The van der Waals surface area contributed by atoms with E-state index in [4.69, 9.17) is 10.2 Å². The molecule has 2 N–H and O–H groups in total. The van der Waals surface area contributed by atoms with Gasteiger partial charge < -0.3 is 10.2 Å². The molecule has 0 aliphatic heterocycles. The van der Waals surface area contributed by atoms with E-state index in [1.54, 1.807) is 12.1 Å². The summed E-state index contributed by atoms with van der Waals surface area (Å²) in [5.41, 5.74) is 0.933. The van der Waals surface area contributed by atoms with Crippen molar-refractivity contribution in [2.45, 2.75) is 13.3 Å². The molecule has 3 heteroatoms. The van der Waals surface area contributed by atoms with Crippen LogP contribution in [0.3, 0.4) is 0 Å². The molecule has 0 saturated carbocycles. The van der Waals surface area contributed by atoms with E-state index >= 15 is 0 Å². The molecule has 1 aromatic rings. The van der Waals surface area contributed by atoms with Crippen molar-refractivity contribution < 1.29 is 61.6 Å². The van der Waals surface area contributed by atoms with Crippen LogP contribution >= 0.6 is 0 Å². The van der Waals surface area contributed by atoms with Gasteiger partial charge in [0.25, 0.3) is 0 Å². The fourth-order valence-electron chi connectivity index (χ4n) is 0.903. The van der Waals surface area contributed by atoms with Crippen molar-refractivity contribution in [1.82, 2.24) is 0 Å². The standard InChI is InChI=1S/C9H11O2.K/c1-2-3-7-4-5-8(10)9(11)6-7;/h3-6,10-11H,2H2,1H3;/q-1;+1. The van der Waals surface area contributed by atoms with Crippen LogP contribution in [0.15, 0.2) is 18.2 Å². The number of hydrogen-bond acceptors (Lipinski definition) is 2. The summed E-state index contributed by atoms with van der Waals surface area (Å²) in [6.07, 6.45) is 2.89. The summed E-state index contributed by atoms with van der Waals surface area (Å²) in [7, 11) is 0. The third-order valence-electron chi connectivity index (χ3n) is 1.44. The number of rotatable bonds is 2. The van der Waals surface area contributed by atoms with Crippen molar-refractivity contribution in [3.8, 4) is 11.5 Å². The number of phenols is 2. The summed E-state index contributed by atoms with van der Waals surface area (Å²) in [6.45, 7) is 2.02. The average Bonchev–Trinajstić information content (AvgIpc) is 1.98. The molecule has 0 aliphatic rings. The summed E-state index contributed by atoms with van der Waals surface area (Å²) < 4.78 is 0. The van der Waals surface area contributed by atoms with E-state index < -0.39 is 0 Å². The van der Waals surface area contributed by atoms with Gasteiger partial charge in [0, 0.05) is 0 Å². The van der Waals surface area contributed by atoms with Gasteiger partial charge in [-0.1, -0.05) is 19.4 Å². The van der Waals surface area contributed by atoms with Crippen LogP contribution < -0.4 is 51.4 Å². The Morgan fingerprint density at radius 3 is 2.42 bits per heavy atom. The summed E-state index contributed by atoms with van der Waals surface area (Å²) in [5.74, 6) is -0.134. The molecule has 2 nitrogen and oxygen atoms in total. The van der Waals surface area contributed by atoms with E-state index in [0.717, 1.165) is 12.0 Å². The van der Waals surface area contributed by atoms with Gasteiger partial charge in [0.2, 0.25) is 0 Å². The van der Waals surface area contributed by atoms with Gasteiger partial charge in [-0.25, -0.2) is 0 Å². The second-order valence-electron chi connectivity index (χ2n) is 2.36. The van der Waals surface area contributed by atoms with Crippen LogP contribution in [0.4, 0.5) is 0 Å². The van der Waals surface area contributed by atoms with Crippen LogP contribution in [0.2, 0.25) is 0 Å². The maximum absolute atomic E-state index is 9.06. The Labute approximate surface area is 115 Å². The van der Waals surface area contributed by atoms with Crippen LogP contribution in [-0.2, 0) is 0 Å². The van der Waals surface area contributed by atoms with Gasteiger partial charge in [0.15, 0.2) is 0 Å². The van der Waals surface area contributed by atoms with Crippen molar-refractivity contribution in [2.24, 2.45) is 0 Å². The van der Waals surface area contributed by atoms with Gasteiger partial charge >= 0.3 is 51.4 Å². The molecule has 0 radical (unpaired) electrons. The molecule has 12 heavy (non-hydrogen) atoms. The maximum Gasteiger partial charge on any atom is 1.00 e. The Bertz CT molecular complexity index is 248. The molecule has 1 aromatic carbocycles. The molecule has 1 rings (SSSR count). The number of phenolic OH excluding ortho intramolecular Hbond substituents is 2. The first-order valence-corrected chi connectivity index (χ1v) is 3.59. The Balaban J connectivity index is 0.00000121. The Kier molecular flexibility index (Phi) is 6.04. The predicted octanol–water partition coefficient (Wildman–Crippen LogP) is -0.936. The van der Waals surface area contributed by atoms with E-state index in [-0.39, 0.29) is 62.9 Å². The first-order chi connectivity index (χ1) is 5.24. The molecule has 0 heterocycles. The van der Waals surface area contributed by atoms with Crippen molar-refractivity contribution in [2.75, 3.05) is 0 Å². The molecular formula is C9H11KO2. The fraction of sp³-hybridized carbons (Fsp3) is 0.222. The van der Waals surface area contributed by atoms with Gasteiger partial charge in [-0.3, -0.25) is 0 Å². The zero-order valence-electron chi connectivity index (χ0n) is 7.41. The normalized spacial score (nSPS) is 8.75. The van der Waals surface area contributed by atoms with E-state index in [1.807, 2.05) is 13.3 Å². The zero-order chi connectivity index (χ0) is 8.27. The molecule has 0 atom stereocenters. The smallest absolute Gasteiger partial charge is 0.517 e. The first kappa shape index (κ1) is 12.3. The minimum absolute atomic E-state index is 0. The van der Waals surface area contributed by atoms with Gasteiger partial charge in [0.1, 0.15) is 11.5 Å². The van der Waals surface area contributed by atoms with Gasteiger partial charge in [-0.15, -0.1) is 6.07 Å². The molecule has 0 spiro atoms. The summed E-state index contributed by atoms with van der Waals surface area (Å²) in [6, 6.07) is 4.79. The third-order valence-corrected chi connectivity index (χ3v) is 1.44. The molecule has 0 amide bonds. The SMILES string of the molecule is CC[CH-]c1ccc(O)c(O)c1.[K+]. The largest absolute Gasteiger partial charge is 1.00 e.